The van der Waals surface area contributed by atoms with Crippen molar-refractivity contribution in [1.29, 1.82) is 0 Å². The maximum atomic E-state index is 11.8. The second-order valence-electron chi connectivity index (χ2n) is 4.67. The first-order chi connectivity index (χ1) is 10.7. The van der Waals surface area contributed by atoms with Gasteiger partial charge in [-0.15, -0.1) is 11.8 Å². The molecule has 1 amide bonds. The summed E-state index contributed by atoms with van der Waals surface area (Å²) in [6, 6.07) is 15.7. The van der Waals surface area contributed by atoms with E-state index < -0.39 is 0 Å². The minimum atomic E-state index is -0.107. The molecule has 0 fully saturated rings. The summed E-state index contributed by atoms with van der Waals surface area (Å²) < 4.78 is 5.09. The van der Waals surface area contributed by atoms with Crippen molar-refractivity contribution in [1.82, 2.24) is 5.32 Å². The van der Waals surface area contributed by atoms with E-state index in [9.17, 15) is 4.79 Å². The van der Waals surface area contributed by atoms with Crippen LogP contribution in [0.1, 0.15) is 11.1 Å². The van der Waals surface area contributed by atoms with Gasteiger partial charge in [-0.05, 0) is 47.7 Å². The Morgan fingerprint density at radius 3 is 2.41 bits per heavy atom. The van der Waals surface area contributed by atoms with Gasteiger partial charge in [-0.3, -0.25) is 4.79 Å². The lowest BCUT2D eigenvalue weighted by molar-refractivity contribution is -0.116. The Morgan fingerprint density at radius 1 is 1.14 bits per heavy atom. The fourth-order valence-electron chi connectivity index (χ4n) is 1.88. The quantitative estimate of drug-likeness (QED) is 0.652. The summed E-state index contributed by atoms with van der Waals surface area (Å²) in [5, 5.41) is 2.87. The fraction of sp³-hybridized carbons (Fsp3) is 0.167. The van der Waals surface area contributed by atoms with E-state index >= 15 is 0 Å². The Morgan fingerprint density at radius 2 is 1.82 bits per heavy atom. The number of rotatable bonds is 6. The first-order valence-corrected chi connectivity index (χ1v) is 8.16. The molecule has 114 valence electrons. The van der Waals surface area contributed by atoms with Crippen LogP contribution in [-0.2, 0) is 11.3 Å². The lowest BCUT2D eigenvalue weighted by Gasteiger charge is -2.04. The predicted molar refractivity (Wildman–Crippen MR) is 92.1 cm³/mol. The second kappa shape index (κ2) is 8.29. The molecule has 0 saturated heterocycles. The SMILES string of the molecule is COc1ccc(/C=C/C(=O)NCc2ccc(SC)cc2)cc1. The minimum absolute atomic E-state index is 0.107. The Hall–Kier alpha value is -2.20. The number of methoxy groups -OCH3 is 1. The smallest absolute Gasteiger partial charge is 0.244 e. The zero-order valence-corrected chi connectivity index (χ0v) is 13.5. The molecule has 0 saturated carbocycles. The zero-order chi connectivity index (χ0) is 15.8. The molecular formula is C18H19NO2S. The summed E-state index contributed by atoms with van der Waals surface area (Å²) in [7, 11) is 1.63. The summed E-state index contributed by atoms with van der Waals surface area (Å²) in [5.41, 5.74) is 2.05. The predicted octanol–water partition coefficient (Wildman–Crippen LogP) is 3.75. The van der Waals surface area contributed by atoms with E-state index in [4.69, 9.17) is 4.74 Å². The number of hydrogen-bond donors (Lipinski definition) is 1. The Labute approximate surface area is 135 Å². The number of hydrogen-bond acceptors (Lipinski definition) is 3. The highest BCUT2D eigenvalue weighted by Crippen LogP contribution is 2.15. The fourth-order valence-corrected chi connectivity index (χ4v) is 2.29. The third-order valence-electron chi connectivity index (χ3n) is 3.17. The standard InChI is InChI=1S/C18H19NO2S/c1-21-16-8-3-14(4-9-16)7-12-18(20)19-13-15-5-10-17(22-2)11-6-15/h3-12H,13H2,1-2H3,(H,19,20)/b12-7+. The van der Waals surface area contributed by atoms with E-state index in [1.807, 2.05) is 42.7 Å². The molecule has 0 aliphatic carbocycles. The van der Waals surface area contributed by atoms with Crippen LogP contribution in [0.15, 0.2) is 59.5 Å². The third kappa shape index (κ3) is 4.97. The van der Waals surface area contributed by atoms with Crippen molar-refractivity contribution < 1.29 is 9.53 Å². The van der Waals surface area contributed by atoms with Crippen LogP contribution >= 0.6 is 11.8 Å². The van der Waals surface area contributed by atoms with Gasteiger partial charge in [0, 0.05) is 17.5 Å². The van der Waals surface area contributed by atoms with E-state index in [-0.39, 0.29) is 5.91 Å². The van der Waals surface area contributed by atoms with Crippen LogP contribution in [0.5, 0.6) is 5.75 Å². The average molecular weight is 313 g/mol. The molecule has 2 aromatic carbocycles. The number of carbonyl (C=O) groups is 1. The molecule has 22 heavy (non-hydrogen) atoms. The molecule has 0 bridgehead atoms. The number of carbonyl (C=O) groups excluding carboxylic acids is 1. The van der Waals surface area contributed by atoms with Crippen LogP contribution in [0.3, 0.4) is 0 Å². The van der Waals surface area contributed by atoms with Gasteiger partial charge in [0.15, 0.2) is 0 Å². The lowest BCUT2D eigenvalue weighted by atomic mass is 10.2. The lowest BCUT2D eigenvalue weighted by Crippen LogP contribution is -2.20. The Balaban J connectivity index is 1.84. The van der Waals surface area contributed by atoms with Crippen molar-refractivity contribution >= 4 is 23.7 Å². The molecule has 3 nitrogen and oxygen atoms in total. The van der Waals surface area contributed by atoms with Crippen LogP contribution in [0.25, 0.3) is 6.08 Å². The van der Waals surface area contributed by atoms with Crippen molar-refractivity contribution in [3.8, 4) is 5.75 Å². The minimum Gasteiger partial charge on any atom is -0.497 e. The van der Waals surface area contributed by atoms with Gasteiger partial charge in [0.1, 0.15) is 5.75 Å². The van der Waals surface area contributed by atoms with Gasteiger partial charge in [-0.2, -0.15) is 0 Å². The van der Waals surface area contributed by atoms with Gasteiger partial charge < -0.3 is 10.1 Å². The monoisotopic (exact) mass is 313 g/mol. The number of ether oxygens (including phenoxy) is 1. The topological polar surface area (TPSA) is 38.3 Å². The number of benzene rings is 2. The van der Waals surface area contributed by atoms with Crippen LogP contribution in [-0.4, -0.2) is 19.3 Å². The number of amides is 1. The molecule has 4 heteroatoms. The molecule has 0 aromatic heterocycles. The van der Waals surface area contributed by atoms with Gasteiger partial charge in [-0.1, -0.05) is 24.3 Å². The van der Waals surface area contributed by atoms with E-state index in [1.165, 1.54) is 11.0 Å². The van der Waals surface area contributed by atoms with Gasteiger partial charge in [-0.25, -0.2) is 0 Å². The molecule has 0 radical (unpaired) electrons. The van der Waals surface area contributed by atoms with E-state index in [1.54, 1.807) is 24.9 Å². The molecule has 0 heterocycles. The van der Waals surface area contributed by atoms with Crippen molar-refractivity contribution in [2.75, 3.05) is 13.4 Å². The second-order valence-corrected chi connectivity index (χ2v) is 5.55. The highest BCUT2D eigenvalue weighted by atomic mass is 32.2. The van der Waals surface area contributed by atoms with Crippen LogP contribution in [0.2, 0.25) is 0 Å². The molecule has 0 atom stereocenters. The summed E-state index contributed by atoms with van der Waals surface area (Å²) in [6.07, 6.45) is 5.37. The highest BCUT2D eigenvalue weighted by molar-refractivity contribution is 7.98. The van der Waals surface area contributed by atoms with Gasteiger partial charge in [0.2, 0.25) is 5.91 Å². The summed E-state index contributed by atoms with van der Waals surface area (Å²) in [4.78, 5) is 13.0. The van der Waals surface area contributed by atoms with E-state index in [2.05, 4.69) is 17.4 Å². The van der Waals surface area contributed by atoms with Crippen molar-refractivity contribution in [3.63, 3.8) is 0 Å². The van der Waals surface area contributed by atoms with Gasteiger partial charge in [0.05, 0.1) is 7.11 Å². The van der Waals surface area contributed by atoms with Crippen molar-refractivity contribution in [2.45, 2.75) is 11.4 Å². The third-order valence-corrected chi connectivity index (χ3v) is 3.91. The van der Waals surface area contributed by atoms with E-state index in [0.717, 1.165) is 16.9 Å². The summed E-state index contributed by atoms with van der Waals surface area (Å²) >= 11 is 1.70. The molecule has 0 spiro atoms. The number of thioether (sulfide) groups is 1. The van der Waals surface area contributed by atoms with Crippen molar-refractivity contribution in [3.05, 3.63) is 65.7 Å². The molecule has 0 aliphatic rings. The Bertz CT molecular complexity index is 633. The first kappa shape index (κ1) is 16.2. The molecular weight excluding hydrogens is 294 g/mol. The molecule has 1 N–H and O–H groups in total. The van der Waals surface area contributed by atoms with Crippen LogP contribution in [0, 0.1) is 0 Å². The normalized spacial score (nSPS) is 10.6. The molecule has 0 aliphatic heterocycles. The molecule has 2 rings (SSSR count). The molecule has 0 unspecified atom stereocenters. The van der Waals surface area contributed by atoms with E-state index in [0.29, 0.717) is 6.54 Å². The number of nitrogens with one attached hydrogen (secondary N) is 1. The van der Waals surface area contributed by atoms with Gasteiger partial charge >= 0.3 is 0 Å². The zero-order valence-electron chi connectivity index (χ0n) is 12.7. The van der Waals surface area contributed by atoms with Gasteiger partial charge in [0.25, 0.3) is 0 Å². The van der Waals surface area contributed by atoms with Crippen molar-refractivity contribution in [2.24, 2.45) is 0 Å². The summed E-state index contributed by atoms with van der Waals surface area (Å²) in [6.45, 7) is 0.528. The molecule has 2 aromatic rings. The maximum absolute atomic E-state index is 11.8. The average Bonchev–Trinajstić information content (AvgIpc) is 2.59. The maximum Gasteiger partial charge on any atom is 0.244 e. The largest absolute Gasteiger partial charge is 0.497 e. The Kier molecular flexibility index (Phi) is 6.10. The van der Waals surface area contributed by atoms with Crippen LogP contribution in [0.4, 0.5) is 0 Å². The first-order valence-electron chi connectivity index (χ1n) is 6.94. The highest BCUT2D eigenvalue weighted by Gasteiger charge is 1.98. The summed E-state index contributed by atoms with van der Waals surface area (Å²) in [5.74, 6) is 0.694. The van der Waals surface area contributed by atoms with Crippen LogP contribution < -0.4 is 10.1 Å².